The summed E-state index contributed by atoms with van der Waals surface area (Å²) in [7, 11) is 1.66. The highest BCUT2D eigenvalue weighted by Gasteiger charge is 2.74. The molecule has 0 amide bonds. The van der Waals surface area contributed by atoms with E-state index in [9.17, 15) is 23.8 Å². The first kappa shape index (κ1) is 21.7. The lowest BCUT2D eigenvalue weighted by atomic mass is 9.95. The molecule has 3 N–H and O–H groups in total. The first-order chi connectivity index (χ1) is 16.8. The van der Waals surface area contributed by atoms with Gasteiger partial charge in [-0.25, -0.2) is 13.8 Å². The fourth-order valence-electron chi connectivity index (χ4n) is 5.32. The largest absolute Gasteiger partial charge is 0.389 e. The molecule has 2 aliphatic carbocycles. The van der Waals surface area contributed by atoms with Gasteiger partial charge < -0.3 is 20.1 Å². The van der Waals surface area contributed by atoms with E-state index in [2.05, 4.69) is 30.6 Å². The van der Waals surface area contributed by atoms with Gasteiger partial charge in [0.25, 0.3) is 5.95 Å². The minimum atomic E-state index is -1.17. The quantitative estimate of drug-likeness (QED) is 0.383. The summed E-state index contributed by atoms with van der Waals surface area (Å²) in [6.45, 7) is 1.43. The Hall–Kier alpha value is -3.84. The Bertz CT molecular complexity index is 1500. The van der Waals surface area contributed by atoms with Crippen LogP contribution in [0, 0.1) is 23.0 Å². The van der Waals surface area contributed by atoms with Crippen LogP contribution in [0.2, 0.25) is 0 Å². The molecule has 2 saturated carbocycles. The number of rotatable bonds is 5. The predicted octanol–water partition coefficient (Wildman–Crippen LogP) is 1.27. The number of anilines is 1. The number of fused-ring (bicyclic) bond motifs is 2. The van der Waals surface area contributed by atoms with Crippen molar-refractivity contribution in [3.8, 4) is 17.2 Å². The van der Waals surface area contributed by atoms with E-state index < -0.39 is 35.3 Å². The molecule has 0 spiro atoms. The van der Waals surface area contributed by atoms with Crippen molar-refractivity contribution in [2.24, 2.45) is 11.3 Å². The highest BCUT2D eigenvalue weighted by molar-refractivity contribution is 5.88. The van der Waals surface area contributed by atoms with Gasteiger partial charge in [0, 0.05) is 12.6 Å². The Morgan fingerprint density at radius 3 is 2.71 bits per heavy atom. The molecule has 5 atom stereocenters. The van der Waals surface area contributed by atoms with Crippen LogP contribution in [0.25, 0.3) is 28.4 Å². The van der Waals surface area contributed by atoms with Crippen LogP contribution in [0.3, 0.4) is 0 Å². The van der Waals surface area contributed by atoms with E-state index in [1.807, 2.05) is 0 Å². The number of carbonyl (C=O) groups excluding carboxylic acids is 1. The zero-order valence-corrected chi connectivity index (χ0v) is 18.6. The van der Waals surface area contributed by atoms with Crippen molar-refractivity contribution in [2.45, 2.75) is 31.6 Å². The minimum Gasteiger partial charge on any atom is -0.389 e. The summed E-state index contributed by atoms with van der Waals surface area (Å²) in [5, 5.41) is 32.4. The molecule has 2 fully saturated rings. The second-order valence-corrected chi connectivity index (χ2v) is 8.96. The molecule has 0 bridgehead atoms. The number of hydrogen-bond acceptors (Lipinski definition) is 9. The van der Waals surface area contributed by atoms with E-state index >= 15 is 0 Å². The Labute approximate surface area is 196 Å². The number of Topliss-reactive ketones (excluding diaryl/α,β-unsaturated/α-hetero) is 1. The molecule has 3 aromatic heterocycles. The number of benzene rings is 1. The minimum absolute atomic E-state index is 0.117. The molecule has 0 saturated heterocycles. The lowest BCUT2D eigenvalue weighted by molar-refractivity contribution is -0.128. The topological polar surface area (TPSA) is 144 Å². The summed E-state index contributed by atoms with van der Waals surface area (Å²) in [6.07, 6.45) is 1.11. The second kappa shape index (κ2) is 7.33. The van der Waals surface area contributed by atoms with E-state index in [-0.39, 0.29) is 23.3 Å². The van der Waals surface area contributed by atoms with Gasteiger partial charge in [-0.05, 0) is 37.5 Å². The van der Waals surface area contributed by atoms with Gasteiger partial charge in [0.05, 0.1) is 30.1 Å². The summed E-state index contributed by atoms with van der Waals surface area (Å²) in [6, 6.07) is 2.81. The zero-order chi connectivity index (χ0) is 24.6. The number of hydrogen-bond donors (Lipinski definition) is 3. The number of nitrogens with one attached hydrogen (secondary N) is 1. The van der Waals surface area contributed by atoms with Crippen LogP contribution in [0.15, 0.2) is 30.7 Å². The van der Waals surface area contributed by atoms with E-state index in [1.165, 1.54) is 30.2 Å². The molecule has 180 valence electrons. The molecule has 0 radical (unpaired) electrons. The third kappa shape index (κ3) is 2.94. The lowest BCUT2D eigenvalue weighted by Gasteiger charge is -2.23. The van der Waals surface area contributed by atoms with Crippen molar-refractivity contribution in [1.29, 1.82) is 0 Å². The first-order valence-corrected chi connectivity index (χ1v) is 10.9. The molecular formula is C22H20F2N8O3. The molecule has 2 aliphatic rings. The Morgan fingerprint density at radius 2 is 2.03 bits per heavy atom. The van der Waals surface area contributed by atoms with Gasteiger partial charge in [-0.3, -0.25) is 4.79 Å². The third-order valence-electron chi connectivity index (χ3n) is 7.21. The number of aliphatic hydroxyl groups excluding tert-OH is 2. The number of nitrogens with zero attached hydrogens (tertiary/aromatic N) is 7. The van der Waals surface area contributed by atoms with Gasteiger partial charge in [0.1, 0.15) is 17.6 Å². The van der Waals surface area contributed by atoms with Crippen LogP contribution in [-0.4, -0.2) is 69.8 Å². The molecule has 11 nitrogen and oxygen atoms in total. The summed E-state index contributed by atoms with van der Waals surface area (Å²) in [5.74, 6) is -1.87. The summed E-state index contributed by atoms with van der Waals surface area (Å²) in [5.41, 5.74) is 0.456. The standard InChI is InChI=1S/C22H20F2N8O3/c1-9(33)22-6-11(22)16(17(34)18(22)35)31-8-26-15-19(25-2)27-21(28-20(15)31)32-7-14(29-30-32)10-3-4-12(23)13(24)5-10/h3-5,7-8,11,16-18,34-35H,6H2,1-2H3,(H,25,27,28)/t11?,16-,17+,18?,22+/m1/s1. The zero-order valence-electron chi connectivity index (χ0n) is 18.6. The Morgan fingerprint density at radius 1 is 1.23 bits per heavy atom. The molecule has 1 aromatic carbocycles. The summed E-state index contributed by atoms with van der Waals surface area (Å²) >= 11 is 0. The van der Waals surface area contributed by atoms with Crippen molar-refractivity contribution in [3.05, 3.63) is 42.4 Å². The van der Waals surface area contributed by atoms with Crippen molar-refractivity contribution >= 4 is 22.8 Å². The smallest absolute Gasteiger partial charge is 0.256 e. The monoisotopic (exact) mass is 482 g/mol. The summed E-state index contributed by atoms with van der Waals surface area (Å²) in [4.78, 5) is 25.7. The van der Waals surface area contributed by atoms with Crippen LogP contribution in [0.5, 0.6) is 0 Å². The normalized spacial score (nSPS) is 27.3. The maximum atomic E-state index is 13.7. The Balaban J connectivity index is 1.43. The van der Waals surface area contributed by atoms with Crippen molar-refractivity contribution < 1.29 is 23.8 Å². The number of halogens is 2. The molecule has 13 heteroatoms. The Kier molecular flexibility index (Phi) is 4.54. The number of imidazole rings is 1. The molecule has 3 heterocycles. The molecule has 35 heavy (non-hydrogen) atoms. The van der Waals surface area contributed by atoms with Gasteiger partial charge in [-0.15, -0.1) is 5.10 Å². The number of carbonyl (C=O) groups is 1. The fourth-order valence-corrected chi connectivity index (χ4v) is 5.32. The number of aliphatic hydroxyl groups is 2. The number of ketones is 1. The molecule has 2 unspecified atom stereocenters. The van der Waals surface area contributed by atoms with Crippen LogP contribution >= 0.6 is 0 Å². The van der Waals surface area contributed by atoms with Crippen LogP contribution in [0.4, 0.5) is 14.6 Å². The molecular weight excluding hydrogens is 462 g/mol. The van der Waals surface area contributed by atoms with Gasteiger partial charge in [0.15, 0.2) is 28.6 Å². The third-order valence-corrected chi connectivity index (χ3v) is 7.21. The molecule has 6 rings (SSSR count). The van der Waals surface area contributed by atoms with Crippen LogP contribution in [0.1, 0.15) is 19.4 Å². The second-order valence-electron chi connectivity index (χ2n) is 8.96. The lowest BCUT2D eigenvalue weighted by Crippen LogP contribution is -2.36. The van der Waals surface area contributed by atoms with E-state index in [0.29, 0.717) is 29.0 Å². The van der Waals surface area contributed by atoms with Crippen LogP contribution in [-0.2, 0) is 4.79 Å². The maximum Gasteiger partial charge on any atom is 0.256 e. The number of aromatic nitrogens is 7. The molecule has 4 aromatic rings. The SMILES string of the molecule is CNc1nc(-n2cc(-c3ccc(F)c(F)c3)nn2)nc2c1ncn2[C@@H]1C2C[C@@]2(C(C)=O)C(O)[C@H]1O. The van der Waals surface area contributed by atoms with Gasteiger partial charge >= 0.3 is 0 Å². The van der Waals surface area contributed by atoms with Gasteiger partial charge in [-0.2, -0.15) is 14.6 Å². The van der Waals surface area contributed by atoms with Gasteiger partial charge in [0.2, 0.25) is 0 Å². The van der Waals surface area contributed by atoms with Crippen LogP contribution < -0.4 is 5.32 Å². The highest BCUT2D eigenvalue weighted by atomic mass is 19.2. The predicted molar refractivity (Wildman–Crippen MR) is 117 cm³/mol. The van der Waals surface area contributed by atoms with Crippen molar-refractivity contribution in [3.63, 3.8) is 0 Å². The maximum absolute atomic E-state index is 13.7. The summed E-state index contributed by atoms with van der Waals surface area (Å²) < 4.78 is 29.9. The average Bonchev–Trinajstić information content (AvgIpc) is 3.11. The van der Waals surface area contributed by atoms with E-state index in [4.69, 9.17) is 0 Å². The molecule has 0 aliphatic heterocycles. The van der Waals surface area contributed by atoms with Crippen molar-refractivity contribution in [2.75, 3.05) is 12.4 Å². The van der Waals surface area contributed by atoms with E-state index in [0.717, 1.165) is 12.1 Å². The average molecular weight is 482 g/mol. The highest BCUT2D eigenvalue weighted by Crippen LogP contribution is 2.68. The fraction of sp³-hybridized carbons (Fsp3) is 0.364. The van der Waals surface area contributed by atoms with Gasteiger partial charge in [-0.1, -0.05) is 5.21 Å². The van der Waals surface area contributed by atoms with Crippen molar-refractivity contribution in [1.82, 2.24) is 34.5 Å². The first-order valence-electron chi connectivity index (χ1n) is 10.9. The van der Waals surface area contributed by atoms with E-state index in [1.54, 1.807) is 11.6 Å².